The van der Waals surface area contributed by atoms with Crippen molar-refractivity contribution in [2.24, 2.45) is 11.1 Å². The summed E-state index contributed by atoms with van der Waals surface area (Å²) in [4.78, 5) is 28.8. The summed E-state index contributed by atoms with van der Waals surface area (Å²) in [5.74, 6) is -1.23. The molecule has 0 radical (unpaired) electrons. The van der Waals surface area contributed by atoms with Gasteiger partial charge in [-0.2, -0.15) is 0 Å². The molecule has 8 heteroatoms. The smallest absolute Gasteiger partial charge is 0.338 e. The number of Topliss-reactive ketones (excluding diaryl/α,β-unsaturated/α-hetero) is 1. The first-order valence-electron chi connectivity index (χ1n) is 11.0. The van der Waals surface area contributed by atoms with Crippen molar-refractivity contribution in [2.45, 2.75) is 39.5 Å². The Labute approximate surface area is 214 Å². The van der Waals surface area contributed by atoms with Crippen LogP contribution in [0.25, 0.3) is 0 Å². The largest absolute Gasteiger partial charge is 0.463 e. The van der Waals surface area contributed by atoms with Crippen molar-refractivity contribution in [1.29, 1.82) is 0 Å². The lowest BCUT2D eigenvalue weighted by Crippen LogP contribution is -2.43. The highest BCUT2D eigenvalue weighted by Gasteiger charge is 2.47. The number of ether oxygens (including phenoxy) is 1. The van der Waals surface area contributed by atoms with Gasteiger partial charge in [0, 0.05) is 38.4 Å². The van der Waals surface area contributed by atoms with Crippen LogP contribution in [0.1, 0.15) is 45.1 Å². The molecule has 1 atom stereocenters. The molecule has 0 bridgehead atoms. The fourth-order valence-corrected chi connectivity index (χ4v) is 5.39. The molecule has 178 valence electrons. The fraction of sp³-hybridized carbons (Fsp3) is 0.308. The molecule has 0 fully saturated rings. The topological polar surface area (TPSA) is 72.6 Å². The Balaban J connectivity index is 2.04. The lowest BCUT2D eigenvalue weighted by atomic mass is 9.68. The van der Waals surface area contributed by atoms with Crippen LogP contribution in [-0.2, 0) is 14.3 Å². The van der Waals surface area contributed by atoms with Gasteiger partial charge in [0.15, 0.2) is 5.78 Å². The van der Waals surface area contributed by atoms with Gasteiger partial charge in [-0.1, -0.05) is 54.7 Å². The zero-order valence-electron chi connectivity index (χ0n) is 19.1. The number of carbonyl (C=O) groups is 2. The lowest BCUT2D eigenvalue weighted by molar-refractivity contribution is -0.138. The highest BCUT2D eigenvalue weighted by Crippen LogP contribution is 2.51. The summed E-state index contributed by atoms with van der Waals surface area (Å²) >= 11 is 18.9. The van der Waals surface area contributed by atoms with Crippen LogP contribution in [0.15, 0.2) is 65.1 Å². The highest BCUT2D eigenvalue weighted by atomic mass is 35.5. The number of allylic oxidation sites excluding steroid dienone is 2. The van der Waals surface area contributed by atoms with Crippen LogP contribution in [-0.4, -0.2) is 18.4 Å². The fourth-order valence-electron chi connectivity index (χ4n) is 4.75. The lowest BCUT2D eigenvalue weighted by Gasteiger charge is -2.44. The first-order valence-corrected chi connectivity index (χ1v) is 12.1. The monoisotopic (exact) mass is 518 g/mol. The molecule has 1 aliphatic heterocycles. The second-order valence-corrected chi connectivity index (χ2v) is 10.5. The van der Waals surface area contributed by atoms with Crippen molar-refractivity contribution in [3.8, 4) is 0 Å². The van der Waals surface area contributed by atoms with Gasteiger partial charge in [-0.3, -0.25) is 9.69 Å². The maximum Gasteiger partial charge on any atom is 0.338 e. The quantitative estimate of drug-likeness (QED) is 0.459. The Hall–Kier alpha value is -2.47. The van der Waals surface area contributed by atoms with E-state index >= 15 is 0 Å². The van der Waals surface area contributed by atoms with Crippen molar-refractivity contribution in [3.63, 3.8) is 0 Å². The van der Waals surface area contributed by atoms with Crippen molar-refractivity contribution in [2.75, 3.05) is 11.5 Å². The van der Waals surface area contributed by atoms with Crippen LogP contribution in [0, 0.1) is 5.41 Å². The van der Waals surface area contributed by atoms with E-state index in [2.05, 4.69) is 0 Å². The molecule has 5 nitrogen and oxygen atoms in total. The molecule has 1 aliphatic carbocycles. The van der Waals surface area contributed by atoms with E-state index in [4.69, 9.17) is 45.3 Å². The second-order valence-electron chi connectivity index (χ2n) is 9.23. The summed E-state index contributed by atoms with van der Waals surface area (Å²) in [6.45, 7) is 5.96. The number of halogens is 3. The van der Waals surface area contributed by atoms with Gasteiger partial charge >= 0.3 is 5.97 Å². The minimum Gasteiger partial charge on any atom is -0.463 e. The van der Waals surface area contributed by atoms with E-state index in [0.29, 0.717) is 44.7 Å². The number of esters is 1. The summed E-state index contributed by atoms with van der Waals surface area (Å²) in [6.07, 6.45) is 0.910. The maximum atomic E-state index is 13.7. The molecule has 0 saturated carbocycles. The average molecular weight is 520 g/mol. The van der Waals surface area contributed by atoms with Gasteiger partial charge < -0.3 is 10.5 Å². The molecule has 34 heavy (non-hydrogen) atoms. The maximum absolute atomic E-state index is 13.7. The Bertz CT molecular complexity index is 1230. The summed E-state index contributed by atoms with van der Waals surface area (Å²) in [5.41, 5.74) is 9.12. The van der Waals surface area contributed by atoms with Crippen LogP contribution < -0.4 is 10.6 Å². The normalized spacial score (nSPS) is 19.9. The summed E-state index contributed by atoms with van der Waals surface area (Å²) < 4.78 is 5.40. The molecule has 2 aliphatic rings. The third-order valence-corrected chi connectivity index (χ3v) is 6.93. The van der Waals surface area contributed by atoms with E-state index in [0.717, 1.165) is 5.70 Å². The van der Waals surface area contributed by atoms with E-state index < -0.39 is 11.9 Å². The minimum absolute atomic E-state index is 0.0597. The molecular weight excluding hydrogens is 495 g/mol. The first kappa shape index (κ1) is 24.6. The van der Waals surface area contributed by atoms with Crippen LogP contribution in [0.2, 0.25) is 15.1 Å². The zero-order valence-corrected chi connectivity index (χ0v) is 21.4. The van der Waals surface area contributed by atoms with Gasteiger partial charge in [-0.15, -0.1) is 0 Å². The molecule has 2 aromatic carbocycles. The second kappa shape index (κ2) is 9.29. The number of benzene rings is 2. The minimum atomic E-state index is -0.772. The standard InChI is InChI=1S/C26H25Cl3N2O3/c1-4-34-25(33)23-21(17-10-7-15(28)11-18(17)29)22-19(12-26(2,3)13-20(22)32)31(24(23)30)16-8-5-14(27)6-9-16/h5-11,21H,4,12-13,30H2,1-3H3. The number of nitrogens with two attached hydrogens (primary N) is 1. The van der Waals surface area contributed by atoms with Gasteiger partial charge in [0.1, 0.15) is 5.82 Å². The molecule has 1 unspecified atom stereocenters. The van der Waals surface area contributed by atoms with Crippen molar-refractivity contribution < 1.29 is 14.3 Å². The number of hydrogen-bond donors (Lipinski definition) is 1. The third-order valence-electron chi connectivity index (χ3n) is 6.11. The number of rotatable bonds is 4. The average Bonchev–Trinajstić information content (AvgIpc) is 2.73. The Morgan fingerprint density at radius 2 is 1.74 bits per heavy atom. The molecule has 2 aromatic rings. The van der Waals surface area contributed by atoms with Gasteiger partial charge in [-0.05, 0) is 60.7 Å². The van der Waals surface area contributed by atoms with Crippen LogP contribution >= 0.6 is 34.8 Å². The predicted octanol–water partition coefficient (Wildman–Crippen LogP) is 6.63. The van der Waals surface area contributed by atoms with Crippen LogP contribution in [0.3, 0.4) is 0 Å². The number of ketones is 1. The molecule has 0 amide bonds. The number of anilines is 1. The van der Waals surface area contributed by atoms with Crippen LogP contribution in [0.4, 0.5) is 5.69 Å². The molecule has 0 saturated heterocycles. The van der Waals surface area contributed by atoms with E-state index in [1.807, 2.05) is 26.0 Å². The summed E-state index contributed by atoms with van der Waals surface area (Å²) in [7, 11) is 0. The Morgan fingerprint density at radius 3 is 2.35 bits per heavy atom. The van der Waals surface area contributed by atoms with Crippen LogP contribution in [0.5, 0.6) is 0 Å². The number of hydrogen-bond acceptors (Lipinski definition) is 5. The molecule has 0 aromatic heterocycles. The summed E-state index contributed by atoms with van der Waals surface area (Å²) in [6, 6.07) is 12.1. The Morgan fingerprint density at radius 1 is 1.09 bits per heavy atom. The highest BCUT2D eigenvalue weighted by molar-refractivity contribution is 6.35. The summed E-state index contributed by atoms with van der Waals surface area (Å²) in [5, 5.41) is 1.36. The SMILES string of the molecule is CCOC(=O)C1=C(N)N(c2ccc(Cl)cc2)C2=C(C(=O)CC(C)(C)C2)C1c1ccc(Cl)cc1Cl. The van der Waals surface area contributed by atoms with Gasteiger partial charge in [0.05, 0.1) is 18.1 Å². The Kier molecular flexibility index (Phi) is 6.74. The molecule has 4 rings (SSSR count). The van der Waals surface area contributed by atoms with E-state index in [1.54, 1.807) is 42.2 Å². The zero-order chi connectivity index (χ0) is 24.8. The van der Waals surface area contributed by atoms with E-state index in [-0.39, 0.29) is 29.2 Å². The number of nitrogens with zero attached hydrogens (tertiary/aromatic N) is 1. The van der Waals surface area contributed by atoms with Gasteiger partial charge in [-0.25, -0.2) is 4.79 Å². The number of carbonyl (C=O) groups excluding carboxylic acids is 2. The van der Waals surface area contributed by atoms with Crippen molar-refractivity contribution in [1.82, 2.24) is 0 Å². The molecular formula is C26H25Cl3N2O3. The molecule has 0 spiro atoms. The molecule has 2 N–H and O–H groups in total. The van der Waals surface area contributed by atoms with Crippen molar-refractivity contribution >= 4 is 52.2 Å². The molecule has 1 heterocycles. The van der Waals surface area contributed by atoms with Crippen molar-refractivity contribution in [3.05, 3.63) is 85.8 Å². The van der Waals surface area contributed by atoms with E-state index in [1.165, 1.54) is 0 Å². The van der Waals surface area contributed by atoms with Gasteiger partial charge in [0.2, 0.25) is 0 Å². The first-order chi connectivity index (χ1) is 16.0. The van der Waals surface area contributed by atoms with E-state index in [9.17, 15) is 9.59 Å². The third kappa shape index (κ3) is 4.45. The van der Waals surface area contributed by atoms with Gasteiger partial charge in [0.25, 0.3) is 0 Å². The predicted molar refractivity (Wildman–Crippen MR) is 136 cm³/mol.